The summed E-state index contributed by atoms with van der Waals surface area (Å²) in [6, 6.07) is 5.85. The number of carbonyl (C=O) groups is 1. The van der Waals surface area contributed by atoms with Crippen molar-refractivity contribution in [3.8, 4) is 11.3 Å². The van der Waals surface area contributed by atoms with Gasteiger partial charge in [-0.15, -0.1) is 0 Å². The molecule has 1 amide bonds. The number of alkyl halides is 6. The predicted molar refractivity (Wildman–Crippen MR) is 108 cm³/mol. The van der Waals surface area contributed by atoms with E-state index in [9.17, 15) is 39.6 Å². The molecule has 0 aliphatic rings. The first-order chi connectivity index (χ1) is 15.7. The third kappa shape index (κ3) is 5.88. The minimum Gasteiger partial charge on any atom is -0.324 e. The number of aromatic nitrogens is 2. The first-order valence-electron chi connectivity index (χ1n) is 9.16. The number of anilines is 1. The molecule has 14 heteroatoms. The molecule has 7 nitrogen and oxygen atoms in total. The maximum atomic E-state index is 13.1. The van der Waals surface area contributed by atoms with Crippen molar-refractivity contribution in [3.05, 3.63) is 71.7 Å². The van der Waals surface area contributed by atoms with Gasteiger partial charge < -0.3 is 5.32 Å². The second-order valence-corrected chi connectivity index (χ2v) is 8.49. The number of rotatable bonds is 5. The lowest BCUT2D eigenvalue weighted by atomic mass is 10.0. The largest absolute Gasteiger partial charge is 0.417 e. The molecule has 0 radical (unpaired) electrons. The van der Waals surface area contributed by atoms with Crippen LogP contribution in [-0.4, -0.2) is 24.3 Å². The van der Waals surface area contributed by atoms with E-state index in [4.69, 9.17) is 5.14 Å². The van der Waals surface area contributed by atoms with E-state index in [1.165, 1.54) is 6.07 Å². The van der Waals surface area contributed by atoms with Crippen molar-refractivity contribution >= 4 is 21.6 Å². The number of halogens is 6. The van der Waals surface area contributed by atoms with Gasteiger partial charge in [0.2, 0.25) is 15.9 Å². The van der Waals surface area contributed by atoms with E-state index >= 15 is 0 Å². The number of pyridine rings is 2. The van der Waals surface area contributed by atoms with Gasteiger partial charge in [0.1, 0.15) is 4.90 Å². The van der Waals surface area contributed by atoms with Gasteiger partial charge in [0.15, 0.2) is 0 Å². The lowest BCUT2D eigenvalue weighted by Gasteiger charge is -2.14. The Morgan fingerprint density at radius 2 is 1.65 bits per heavy atom. The van der Waals surface area contributed by atoms with Gasteiger partial charge in [0, 0.05) is 18.0 Å². The van der Waals surface area contributed by atoms with E-state index in [0.717, 1.165) is 36.7 Å². The highest BCUT2D eigenvalue weighted by molar-refractivity contribution is 7.89. The van der Waals surface area contributed by atoms with E-state index in [2.05, 4.69) is 15.3 Å². The first-order valence-corrected chi connectivity index (χ1v) is 10.7. The number of primary sulfonamides is 1. The normalized spacial score (nSPS) is 12.4. The lowest BCUT2D eigenvalue weighted by molar-refractivity contribution is -0.139. The van der Waals surface area contributed by atoms with Crippen molar-refractivity contribution in [3.63, 3.8) is 0 Å². The summed E-state index contributed by atoms with van der Waals surface area (Å²) >= 11 is 0. The van der Waals surface area contributed by atoms with Crippen molar-refractivity contribution in [2.75, 3.05) is 5.32 Å². The fourth-order valence-electron chi connectivity index (χ4n) is 3.00. The summed E-state index contributed by atoms with van der Waals surface area (Å²) in [5.74, 6) is -0.924. The summed E-state index contributed by atoms with van der Waals surface area (Å²) in [6.45, 7) is 0. The molecule has 3 N–H and O–H groups in total. The molecule has 0 bridgehead atoms. The average molecular weight is 504 g/mol. The van der Waals surface area contributed by atoms with Gasteiger partial charge in [0.25, 0.3) is 0 Å². The number of amides is 1. The molecule has 0 aliphatic carbocycles. The summed E-state index contributed by atoms with van der Waals surface area (Å²) in [6.07, 6.45) is -7.74. The third-order valence-electron chi connectivity index (χ3n) is 4.46. The van der Waals surface area contributed by atoms with Crippen LogP contribution in [0.1, 0.15) is 16.7 Å². The Balaban J connectivity index is 1.94. The van der Waals surface area contributed by atoms with Gasteiger partial charge in [-0.25, -0.2) is 13.6 Å². The van der Waals surface area contributed by atoms with Gasteiger partial charge >= 0.3 is 12.4 Å². The molecule has 0 saturated heterocycles. The molecule has 1 aromatic carbocycles. The highest BCUT2D eigenvalue weighted by atomic mass is 32.2. The van der Waals surface area contributed by atoms with Crippen molar-refractivity contribution < 1.29 is 39.6 Å². The van der Waals surface area contributed by atoms with Crippen LogP contribution in [0.15, 0.2) is 59.9 Å². The van der Waals surface area contributed by atoms with Gasteiger partial charge in [-0.3, -0.25) is 14.8 Å². The zero-order valence-corrected chi connectivity index (χ0v) is 17.6. The van der Waals surface area contributed by atoms with Gasteiger partial charge in [-0.1, -0.05) is 18.2 Å². The molecule has 2 heterocycles. The van der Waals surface area contributed by atoms with E-state index in [1.807, 2.05) is 0 Å². The molecular formula is C20H14F6N4O3S. The van der Waals surface area contributed by atoms with E-state index < -0.39 is 56.4 Å². The minimum absolute atomic E-state index is 0.248. The van der Waals surface area contributed by atoms with Gasteiger partial charge in [-0.2, -0.15) is 26.3 Å². The summed E-state index contributed by atoms with van der Waals surface area (Å²) < 4.78 is 102. The average Bonchev–Trinajstić information content (AvgIpc) is 2.72. The summed E-state index contributed by atoms with van der Waals surface area (Å²) in [5, 5.41) is 7.37. The van der Waals surface area contributed by atoms with Gasteiger partial charge in [-0.05, 0) is 23.8 Å². The zero-order valence-electron chi connectivity index (χ0n) is 16.8. The number of carbonyl (C=O) groups excluding carboxylic acids is 1. The molecule has 180 valence electrons. The van der Waals surface area contributed by atoms with E-state index in [0.29, 0.717) is 12.3 Å². The smallest absolute Gasteiger partial charge is 0.324 e. The second-order valence-electron chi connectivity index (χ2n) is 6.96. The van der Waals surface area contributed by atoms with Crippen LogP contribution in [-0.2, 0) is 33.6 Å². The summed E-state index contributed by atoms with van der Waals surface area (Å²) in [5.41, 5.74) is -3.51. The van der Waals surface area contributed by atoms with Gasteiger partial charge in [0.05, 0.1) is 35.1 Å². The van der Waals surface area contributed by atoms with Crippen LogP contribution < -0.4 is 10.5 Å². The van der Waals surface area contributed by atoms with Crippen LogP contribution >= 0.6 is 0 Å². The standard InChI is InChI=1S/C20H14F6N4O3S/c21-19(22,23)13-5-12(8-28-9-13)18-16(34(27,32)33)7-14(10-29-18)30-17(31)6-11-3-1-2-4-15(11)20(24,25)26/h1-5,7-10H,6H2,(H,30,31)(H2,27,32,33). The molecule has 0 aliphatic heterocycles. The number of hydrogen-bond acceptors (Lipinski definition) is 5. The van der Waals surface area contributed by atoms with E-state index in [1.54, 1.807) is 0 Å². The molecular weight excluding hydrogens is 490 g/mol. The topological polar surface area (TPSA) is 115 Å². The van der Waals surface area contributed by atoms with Crippen LogP contribution in [0, 0.1) is 0 Å². The Hall–Kier alpha value is -3.52. The Labute approximate surface area is 188 Å². The summed E-state index contributed by atoms with van der Waals surface area (Å²) in [4.78, 5) is 18.8. The Morgan fingerprint density at radius 1 is 0.971 bits per heavy atom. The second kappa shape index (κ2) is 9.02. The monoisotopic (exact) mass is 504 g/mol. The van der Waals surface area contributed by atoms with Crippen molar-refractivity contribution in [1.82, 2.24) is 9.97 Å². The van der Waals surface area contributed by atoms with Crippen LogP contribution in [0.2, 0.25) is 0 Å². The SMILES string of the molecule is NS(=O)(=O)c1cc(NC(=O)Cc2ccccc2C(F)(F)F)cnc1-c1cncc(C(F)(F)F)c1. The maximum absolute atomic E-state index is 13.1. The number of hydrogen-bond donors (Lipinski definition) is 2. The third-order valence-corrected chi connectivity index (χ3v) is 5.38. The highest BCUT2D eigenvalue weighted by Gasteiger charge is 2.34. The van der Waals surface area contributed by atoms with Crippen molar-refractivity contribution in [1.29, 1.82) is 0 Å². The fraction of sp³-hybridized carbons (Fsp3) is 0.150. The maximum Gasteiger partial charge on any atom is 0.417 e. The van der Waals surface area contributed by atoms with Crippen LogP contribution in [0.4, 0.5) is 32.0 Å². The molecule has 0 unspecified atom stereocenters. The zero-order chi connectivity index (χ0) is 25.3. The van der Waals surface area contributed by atoms with Crippen LogP contribution in [0.3, 0.4) is 0 Å². The number of nitrogens with zero attached hydrogens (tertiary/aromatic N) is 2. The van der Waals surface area contributed by atoms with Crippen LogP contribution in [0.25, 0.3) is 11.3 Å². The molecule has 2 aromatic heterocycles. The molecule has 0 saturated carbocycles. The lowest BCUT2D eigenvalue weighted by Crippen LogP contribution is -2.19. The quantitative estimate of drug-likeness (QED) is 0.510. The molecule has 3 aromatic rings. The number of sulfonamides is 1. The Bertz CT molecular complexity index is 1340. The number of nitrogens with two attached hydrogens (primary N) is 1. The minimum atomic E-state index is -4.76. The number of benzene rings is 1. The fourth-order valence-corrected chi connectivity index (χ4v) is 3.73. The molecule has 34 heavy (non-hydrogen) atoms. The van der Waals surface area contributed by atoms with Crippen LogP contribution in [0.5, 0.6) is 0 Å². The molecule has 3 rings (SSSR count). The number of nitrogens with one attached hydrogen (secondary N) is 1. The van der Waals surface area contributed by atoms with Crippen molar-refractivity contribution in [2.24, 2.45) is 5.14 Å². The Morgan fingerprint density at radius 3 is 2.26 bits per heavy atom. The summed E-state index contributed by atoms with van der Waals surface area (Å²) in [7, 11) is -4.54. The van der Waals surface area contributed by atoms with Crippen molar-refractivity contribution in [2.45, 2.75) is 23.7 Å². The molecule has 0 atom stereocenters. The highest BCUT2D eigenvalue weighted by Crippen LogP contribution is 2.34. The molecule has 0 spiro atoms. The Kier molecular flexibility index (Phi) is 6.66. The predicted octanol–water partition coefficient (Wildman–Crippen LogP) is 4.01. The molecule has 0 fully saturated rings. The van der Waals surface area contributed by atoms with E-state index in [-0.39, 0.29) is 16.8 Å². The first kappa shape index (κ1) is 25.1.